The van der Waals surface area contributed by atoms with E-state index in [1.807, 2.05) is 30.3 Å². The molecule has 0 heterocycles. The zero-order chi connectivity index (χ0) is 12.3. The minimum absolute atomic E-state index is 0.344. The molecule has 1 N–H and O–H groups in total. The molecule has 0 aliphatic heterocycles. The number of hydrogen-bond acceptors (Lipinski definition) is 2. The fourth-order valence-electron chi connectivity index (χ4n) is 2.29. The van der Waals surface area contributed by atoms with Crippen LogP contribution in [0.25, 0.3) is 0 Å². The monoisotopic (exact) mass is 248 g/mol. The van der Waals surface area contributed by atoms with Gasteiger partial charge in [0.1, 0.15) is 5.60 Å². The maximum Gasteiger partial charge on any atom is 0.139 e. The van der Waals surface area contributed by atoms with Crippen LogP contribution in [0.1, 0.15) is 25.7 Å². The molecule has 0 radical (unpaired) electrons. The molecule has 2 nitrogen and oxygen atoms in total. The molecular formula is C14H16O2S. The second kappa shape index (κ2) is 5.03. The first-order chi connectivity index (χ1) is 8.17. The first-order valence-corrected chi connectivity index (χ1v) is 7.04. The van der Waals surface area contributed by atoms with Crippen LogP contribution in [-0.4, -0.2) is 20.2 Å². The number of rotatable bonds is 2. The van der Waals surface area contributed by atoms with Crippen molar-refractivity contribution in [3.05, 3.63) is 30.3 Å². The van der Waals surface area contributed by atoms with Crippen molar-refractivity contribution in [2.24, 2.45) is 0 Å². The Balaban J connectivity index is 2.27. The molecule has 1 saturated carbocycles. The lowest BCUT2D eigenvalue weighted by Crippen LogP contribution is -2.46. The highest BCUT2D eigenvalue weighted by atomic mass is 32.2. The van der Waals surface area contributed by atoms with Gasteiger partial charge < -0.3 is 5.11 Å². The quantitative estimate of drug-likeness (QED) is 0.814. The molecule has 0 amide bonds. The van der Waals surface area contributed by atoms with E-state index in [1.54, 1.807) is 0 Å². The Morgan fingerprint density at radius 2 is 2.06 bits per heavy atom. The Kier molecular flexibility index (Phi) is 3.66. The molecule has 1 aromatic rings. The highest BCUT2D eigenvalue weighted by molar-refractivity contribution is 7.85. The zero-order valence-electron chi connectivity index (χ0n) is 9.63. The zero-order valence-corrected chi connectivity index (χ0v) is 10.5. The van der Waals surface area contributed by atoms with Crippen molar-refractivity contribution >= 4 is 10.8 Å². The van der Waals surface area contributed by atoms with E-state index in [9.17, 15) is 9.32 Å². The van der Waals surface area contributed by atoms with Crippen molar-refractivity contribution in [1.29, 1.82) is 0 Å². The summed E-state index contributed by atoms with van der Waals surface area (Å²) in [5, 5.41) is 10.00. The number of hydrogen-bond donors (Lipinski definition) is 1. The third-order valence-electron chi connectivity index (χ3n) is 3.29. The molecule has 2 rings (SSSR count). The predicted molar refractivity (Wildman–Crippen MR) is 68.9 cm³/mol. The van der Waals surface area contributed by atoms with E-state index in [1.165, 1.54) is 0 Å². The van der Waals surface area contributed by atoms with Crippen molar-refractivity contribution < 1.29 is 9.32 Å². The molecule has 1 aliphatic carbocycles. The lowest BCUT2D eigenvalue weighted by molar-refractivity contribution is 0.0663. The maximum atomic E-state index is 12.4. The maximum absolute atomic E-state index is 12.4. The van der Waals surface area contributed by atoms with Gasteiger partial charge in [0.25, 0.3) is 0 Å². The summed E-state index contributed by atoms with van der Waals surface area (Å²) in [6.45, 7) is 0. The van der Waals surface area contributed by atoms with Gasteiger partial charge in [-0.25, -0.2) is 0 Å². The fourth-order valence-corrected chi connectivity index (χ4v) is 3.97. The van der Waals surface area contributed by atoms with Gasteiger partial charge in [-0.1, -0.05) is 30.5 Å². The summed E-state index contributed by atoms with van der Waals surface area (Å²) in [5.41, 5.74) is -1.21. The number of benzene rings is 1. The van der Waals surface area contributed by atoms with E-state index < -0.39 is 16.4 Å². The summed E-state index contributed by atoms with van der Waals surface area (Å²) in [5.74, 6) is 2.44. The molecule has 0 spiro atoms. The molecule has 0 bridgehead atoms. The highest BCUT2D eigenvalue weighted by Crippen LogP contribution is 2.33. The summed E-state index contributed by atoms with van der Waals surface area (Å²) in [7, 11) is -1.23. The van der Waals surface area contributed by atoms with Crippen LogP contribution >= 0.6 is 0 Å². The van der Waals surface area contributed by atoms with E-state index in [4.69, 9.17) is 6.42 Å². The molecule has 3 heteroatoms. The van der Waals surface area contributed by atoms with Gasteiger partial charge in [-0.3, -0.25) is 4.21 Å². The fraction of sp³-hybridized carbons (Fsp3) is 0.429. The molecule has 3 unspecified atom stereocenters. The molecule has 90 valence electrons. The van der Waals surface area contributed by atoms with Crippen LogP contribution in [0.2, 0.25) is 0 Å². The third kappa shape index (κ3) is 2.43. The van der Waals surface area contributed by atoms with Crippen molar-refractivity contribution in [2.75, 3.05) is 0 Å². The molecule has 0 aromatic heterocycles. The average Bonchev–Trinajstić information content (AvgIpc) is 2.39. The smallest absolute Gasteiger partial charge is 0.139 e. The topological polar surface area (TPSA) is 37.3 Å². The standard InChI is InChI=1S/C14H16O2S/c1-2-14(15)11-7-6-10-13(14)17(16)12-8-4-3-5-9-12/h1,3-5,8-9,13,15H,6-7,10-11H2. The van der Waals surface area contributed by atoms with Crippen LogP contribution in [0.15, 0.2) is 35.2 Å². The van der Waals surface area contributed by atoms with Crippen LogP contribution in [0.3, 0.4) is 0 Å². The molecule has 17 heavy (non-hydrogen) atoms. The minimum Gasteiger partial charge on any atom is -0.376 e. The first kappa shape index (κ1) is 12.3. The van der Waals surface area contributed by atoms with Crippen molar-refractivity contribution in [3.63, 3.8) is 0 Å². The number of terminal acetylenes is 1. The minimum atomic E-state index is -1.23. The Morgan fingerprint density at radius 1 is 1.35 bits per heavy atom. The lowest BCUT2D eigenvalue weighted by Gasteiger charge is -2.35. The van der Waals surface area contributed by atoms with Crippen LogP contribution < -0.4 is 0 Å². The van der Waals surface area contributed by atoms with Gasteiger partial charge in [0, 0.05) is 4.90 Å². The van der Waals surface area contributed by atoms with Gasteiger partial charge in [-0.05, 0) is 31.4 Å². The largest absolute Gasteiger partial charge is 0.376 e. The number of aliphatic hydroxyl groups is 1. The van der Waals surface area contributed by atoms with Crippen LogP contribution in [0, 0.1) is 12.3 Å². The van der Waals surface area contributed by atoms with E-state index in [-0.39, 0.29) is 5.25 Å². The van der Waals surface area contributed by atoms with Gasteiger partial charge >= 0.3 is 0 Å². The summed E-state index contributed by atoms with van der Waals surface area (Å²) in [6.07, 6.45) is 8.57. The third-order valence-corrected chi connectivity index (χ3v) is 5.17. The molecule has 1 aromatic carbocycles. The first-order valence-electron chi connectivity index (χ1n) is 5.83. The normalized spacial score (nSPS) is 30.5. The van der Waals surface area contributed by atoms with Crippen molar-refractivity contribution in [3.8, 4) is 12.3 Å². The molecule has 0 saturated heterocycles. The summed E-state index contributed by atoms with van der Waals surface area (Å²) >= 11 is 0. The van der Waals surface area contributed by atoms with Gasteiger partial charge in [-0.2, -0.15) is 0 Å². The summed E-state index contributed by atoms with van der Waals surface area (Å²) in [4.78, 5) is 0.744. The molecule has 1 aliphatic rings. The van der Waals surface area contributed by atoms with Crippen LogP contribution in [0.5, 0.6) is 0 Å². The Labute approximate surface area is 105 Å². The SMILES string of the molecule is C#CC1(O)CCCCC1S(=O)c1ccccc1. The van der Waals surface area contributed by atoms with Crippen LogP contribution in [0.4, 0.5) is 0 Å². The van der Waals surface area contributed by atoms with Gasteiger partial charge in [0.15, 0.2) is 0 Å². The van der Waals surface area contributed by atoms with E-state index in [0.29, 0.717) is 6.42 Å². The highest BCUT2D eigenvalue weighted by Gasteiger charge is 2.41. The predicted octanol–water partition coefficient (Wildman–Crippen LogP) is 2.10. The van der Waals surface area contributed by atoms with E-state index in [2.05, 4.69) is 5.92 Å². The Bertz CT molecular complexity index is 449. The van der Waals surface area contributed by atoms with Gasteiger partial charge in [0.05, 0.1) is 16.0 Å². The molecular weight excluding hydrogens is 232 g/mol. The second-order valence-electron chi connectivity index (χ2n) is 4.41. The molecule has 1 fully saturated rings. The Morgan fingerprint density at radius 3 is 2.71 bits per heavy atom. The van der Waals surface area contributed by atoms with Gasteiger partial charge in [-0.15, -0.1) is 6.42 Å². The van der Waals surface area contributed by atoms with E-state index in [0.717, 1.165) is 24.2 Å². The average molecular weight is 248 g/mol. The van der Waals surface area contributed by atoms with Crippen LogP contribution in [-0.2, 0) is 10.8 Å². The van der Waals surface area contributed by atoms with Crippen molar-refractivity contribution in [1.82, 2.24) is 0 Å². The Hall–Kier alpha value is -1.11. The molecule has 3 atom stereocenters. The van der Waals surface area contributed by atoms with E-state index >= 15 is 0 Å². The van der Waals surface area contributed by atoms with Crippen molar-refractivity contribution in [2.45, 2.75) is 41.4 Å². The van der Waals surface area contributed by atoms with Gasteiger partial charge in [0.2, 0.25) is 0 Å². The summed E-state index contributed by atoms with van der Waals surface area (Å²) < 4.78 is 12.4. The summed E-state index contributed by atoms with van der Waals surface area (Å²) in [6, 6.07) is 9.23. The second-order valence-corrected chi connectivity index (χ2v) is 6.05. The lowest BCUT2D eigenvalue weighted by atomic mass is 9.85.